The second-order valence-electron chi connectivity index (χ2n) is 3.69. The van der Waals surface area contributed by atoms with E-state index in [1.807, 2.05) is 17.5 Å². The zero-order valence-corrected chi connectivity index (χ0v) is 11.6. The number of anilines is 1. The third-order valence-electron chi connectivity index (χ3n) is 2.41. The number of halogens is 1. The molecule has 0 amide bonds. The third-order valence-corrected chi connectivity index (χ3v) is 4.83. The Morgan fingerprint density at radius 3 is 3.06 bits per heavy atom. The maximum absolute atomic E-state index is 6.04. The topological polar surface area (TPSA) is 52.0 Å². The van der Waals surface area contributed by atoms with Gasteiger partial charge in [0.05, 0.1) is 5.02 Å². The van der Waals surface area contributed by atoms with Crippen molar-refractivity contribution in [2.75, 3.05) is 5.73 Å². The molecule has 18 heavy (non-hydrogen) atoms. The molecule has 0 bridgehead atoms. The molecule has 0 aliphatic rings. The van der Waals surface area contributed by atoms with Gasteiger partial charge in [0.1, 0.15) is 5.52 Å². The molecular formula is C12H9ClN2OS2. The van der Waals surface area contributed by atoms with Crippen LogP contribution in [0.25, 0.3) is 11.1 Å². The summed E-state index contributed by atoms with van der Waals surface area (Å²) in [6, 6.07) is 7.34. The Hall–Kier alpha value is -1.17. The van der Waals surface area contributed by atoms with Crippen molar-refractivity contribution in [1.82, 2.24) is 4.98 Å². The van der Waals surface area contributed by atoms with Gasteiger partial charge in [0.25, 0.3) is 5.22 Å². The highest BCUT2D eigenvalue weighted by atomic mass is 35.5. The number of hydrogen-bond acceptors (Lipinski definition) is 5. The Morgan fingerprint density at radius 2 is 2.28 bits per heavy atom. The van der Waals surface area contributed by atoms with E-state index in [-0.39, 0.29) is 0 Å². The van der Waals surface area contributed by atoms with Crippen LogP contribution in [0, 0.1) is 0 Å². The summed E-state index contributed by atoms with van der Waals surface area (Å²) in [7, 11) is 0. The van der Waals surface area contributed by atoms with Gasteiger partial charge >= 0.3 is 0 Å². The molecule has 0 aliphatic carbocycles. The molecule has 0 saturated heterocycles. The number of rotatable bonds is 3. The summed E-state index contributed by atoms with van der Waals surface area (Å²) >= 11 is 9.20. The average molecular weight is 297 g/mol. The number of thioether (sulfide) groups is 1. The van der Waals surface area contributed by atoms with Crippen molar-refractivity contribution in [3.05, 3.63) is 39.5 Å². The van der Waals surface area contributed by atoms with Gasteiger partial charge in [0, 0.05) is 16.3 Å². The molecule has 3 rings (SSSR count). The molecular weight excluding hydrogens is 288 g/mol. The summed E-state index contributed by atoms with van der Waals surface area (Å²) in [4.78, 5) is 5.51. The number of benzene rings is 1. The number of nitrogens with two attached hydrogens (primary N) is 1. The van der Waals surface area contributed by atoms with Gasteiger partial charge < -0.3 is 10.2 Å². The molecule has 6 heteroatoms. The highest BCUT2D eigenvalue weighted by molar-refractivity contribution is 7.98. The van der Waals surface area contributed by atoms with Crippen LogP contribution in [0.2, 0.25) is 5.02 Å². The number of fused-ring (bicyclic) bond motifs is 1. The largest absolute Gasteiger partial charge is 0.431 e. The van der Waals surface area contributed by atoms with Crippen molar-refractivity contribution in [3.8, 4) is 0 Å². The van der Waals surface area contributed by atoms with Gasteiger partial charge in [-0.2, -0.15) is 0 Å². The van der Waals surface area contributed by atoms with Gasteiger partial charge in [0.15, 0.2) is 5.58 Å². The van der Waals surface area contributed by atoms with Crippen molar-refractivity contribution < 1.29 is 4.42 Å². The number of nitrogen functional groups attached to an aromatic ring is 1. The summed E-state index contributed by atoms with van der Waals surface area (Å²) in [6.07, 6.45) is 0. The molecule has 0 spiro atoms. The molecule has 2 N–H and O–H groups in total. The van der Waals surface area contributed by atoms with Crippen LogP contribution in [0.4, 0.5) is 5.69 Å². The first-order chi connectivity index (χ1) is 8.72. The minimum absolute atomic E-state index is 0.639. The quantitative estimate of drug-likeness (QED) is 0.574. The molecule has 0 saturated carbocycles. The van der Waals surface area contributed by atoms with Gasteiger partial charge in [-0.15, -0.1) is 11.3 Å². The van der Waals surface area contributed by atoms with Crippen LogP contribution in [-0.4, -0.2) is 4.98 Å². The summed E-state index contributed by atoms with van der Waals surface area (Å²) in [5.74, 6) is 0.763. The number of oxazole rings is 1. The summed E-state index contributed by atoms with van der Waals surface area (Å²) in [5, 5.41) is 3.42. The zero-order chi connectivity index (χ0) is 12.5. The molecule has 1 aromatic carbocycles. The Bertz CT molecular complexity index is 692. The Balaban J connectivity index is 1.81. The van der Waals surface area contributed by atoms with Crippen LogP contribution >= 0.6 is 34.7 Å². The van der Waals surface area contributed by atoms with Gasteiger partial charge in [-0.1, -0.05) is 23.4 Å². The Kier molecular flexibility index (Phi) is 3.20. The monoisotopic (exact) mass is 296 g/mol. The predicted octanol–water partition coefficient (Wildman–Crippen LogP) is 4.42. The van der Waals surface area contributed by atoms with Crippen molar-refractivity contribution >= 4 is 51.5 Å². The normalized spacial score (nSPS) is 11.2. The molecule has 0 radical (unpaired) electrons. The van der Waals surface area contributed by atoms with Gasteiger partial charge in [-0.25, -0.2) is 4.98 Å². The highest BCUT2D eigenvalue weighted by Crippen LogP contribution is 2.31. The van der Waals surface area contributed by atoms with E-state index in [4.69, 9.17) is 21.8 Å². The second-order valence-corrected chi connectivity index (χ2v) is 6.02. The van der Waals surface area contributed by atoms with E-state index in [1.165, 1.54) is 11.8 Å². The molecule has 92 valence electrons. The average Bonchev–Trinajstić information content (AvgIpc) is 2.92. The maximum Gasteiger partial charge on any atom is 0.257 e. The molecule has 3 aromatic rings. The molecule has 2 aromatic heterocycles. The van der Waals surface area contributed by atoms with Crippen LogP contribution in [0.3, 0.4) is 0 Å². The first-order valence-corrected chi connectivity index (χ1v) is 7.47. The zero-order valence-electron chi connectivity index (χ0n) is 9.22. The van der Waals surface area contributed by atoms with Gasteiger partial charge in [-0.05, 0) is 29.6 Å². The summed E-state index contributed by atoms with van der Waals surface area (Å²) < 4.78 is 5.62. The van der Waals surface area contributed by atoms with E-state index in [0.29, 0.717) is 10.9 Å². The lowest BCUT2D eigenvalue weighted by molar-refractivity contribution is 0.489. The van der Waals surface area contributed by atoms with E-state index in [9.17, 15) is 0 Å². The van der Waals surface area contributed by atoms with E-state index >= 15 is 0 Å². The van der Waals surface area contributed by atoms with Gasteiger partial charge in [0.2, 0.25) is 0 Å². The molecule has 3 nitrogen and oxygen atoms in total. The fourth-order valence-corrected chi connectivity index (χ4v) is 3.68. The fourth-order valence-electron chi connectivity index (χ4n) is 1.54. The standard InChI is InChI=1S/C12H9ClN2OS2/c13-8-3-4-17-11(8)6-18-12-15-9-5-7(14)1-2-10(9)16-12/h1-5H,6,14H2. The van der Waals surface area contributed by atoms with Crippen LogP contribution in [0.1, 0.15) is 4.88 Å². The summed E-state index contributed by atoms with van der Waals surface area (Å²) in [5.41, 5.74) is 7.93. The van der Waals surface area contributed by atoms with Crippen molar-refractivity contribution in [2.24, 2.45) is 0 Å². The van der Waals surface area contributed by atoms with Crippen LogP contribution < -0.4 is 5.73 Å². The number of aromatic nitrogens is 1. The van der Waals surface area contributed by atoms with E-state index in [1.54, 1.807) is 23.5 Å². The molecule has 0 aliphatic heterocycles. The van der Waals surface area contributed by atoms with E-state index in [0.717, 1.165) is 26.8 Å². The number of thiophene rings is 1. The van der Waals surface area contributed by atoms with Crippen molar-refractivity contribution in [2.45, 2.75) is 11.0 Å². The lowest BCUT2D eigenvalue weighted by atomic mass is 10.3. The molecule has 0 atom stereocenters. The molecule has 0 fully saturated rings. The fraction of sp³-hybridized carbons (Fsp3) is 0.0833. The maximum atomic E-state index is 6.04. The third kappa shape index (κ3) is 2.34. The predicted molar refractivity (Wildman–Crippen MR) is 77.3 cm³/mol. The first-order valence-electron chi connectivity index (χ1n) is 5.23. The van der Waals surface area contributed by atoms with Crippen molar-refractivity contribution in [3.63, 3.8) is 0 Å². The second kappa shape index (κ2) is 4.84. The highest BCUT2D eigenvalue weighted by Gasteiger charge is 2.09. The SMILES string of the molecule is Nc1ccc2oc(SCc3sccc3Cl)nc2c1. The lowest BCUT2D eigenvalue weighted by Gasteiger charge is -1.94. The smallest absolute Gasteiger partial charge is 0.257 e. The van der Waals surface area contributed by atoms with Gasteiger partial charge in [-0.3, -0.25) is 0 Å². The van der Waals surface area contributed by atoms with E-state index in [2.05, 4.69) is 4.98 Å². The van der Waals surface area contributed by atoms with Crippen LogP contribution in [-0.2, 0) is 5.75 Å². The molecule has 2 heterocycles. The first kappa shape index (κ1) is 11.9. The number of hydrogen-bond donors (Lipinski definition) is 1. The Morgan fingerprint density at radius 1 is 1.39 bits per heavy atom. The van der Waals surface area contributed by atoms with Crippen LogP contribution in [0.5, 0.6) is 0 Å². The van der Waals surface area contributed by atoms with Crippen LogP contribution in [0.15, 0.2) is 39.3 Å². The minimum atomic E-state index is 0.639. The van der Waals surface area contributed by atoms with Crippen molar-refractivity contribution in [1.29, 1.82) is 0 Å². The minimum Gasteiger partial charge on any atom is -0.431 e. The van der Waals surface area contributed by atoms with E-state index < -0.39 is 0 Å². The summed E-state index contributed by atoms with van der Waals surface area (Å²) in [6.45, 7) is 0. The lowest BCUT2D eigenvalue weighted by Crippen LogP contribution is -1.82. The molecule has 0 unspecified atom stereocenters. The Labute approximate surface area is 117 Å². The number of nitrogens with zero attached hydrogens (tertiary/aromatic N) is 1.